The Balaban J connectivity index is 2.54. The second-order valence-electron chi connectivity index (χ2n) is 3.82. The highest BCUT2D eigenvalue weighted by molar-refractivity contribution is 4.84. The van der Waals surface area contributed by atoms with Crippen LogP contribution in [0, 0.1) is 0 Å². The summed E-state index contributed by atoms with van der Waals surface area (Å²) in [4.78, 5) is 2.61. The molecule has 0 saturated carbocycles. The van der Waals surface area contributed by atoms with Crippen LogP contribution in [0.5, 0.6) is 0 Å². The minimum Gasteiger partial charge on any atom is -0.296 e. The SMILES string of the molecule is CC(C)N1[C@H](C)CC[C@H]1C. The molecule has 1 saturated heterocycles. The molecule has 2 atom stereocenters. The van der Waals surface area contributed by atoms with Crippen LogP contribution in [0.2, 0.25) is 0 Å². The molecule has 0 unspecified atom stereocenters. The van der Waals surface area contributed by atoms with Crippen LogP contribution in [0.1, 0.15) is 40.5 Å². The Morgan fingerprint density at radius 2 is 1.50 bits per heavy atom. The lowest BCUT2D eigenvalue weighted by molar-refractivity contribution is 0.167. The smallest absolute Gasteiger partial charge is 0.00730 e. The lowest BCUT2D eigenvalue weighted by Crippen LogP contribution is -2.38. The Labute approximate surface area is 64.4 Å². The van der Waals surface area contributed by atoms with Gasteiger partial charge >= 0.3 is 0 Å². The molecule has 0 radical (unpaired) electrons. The summed E-state index contributed by atoms with van der Waals surface area (Å²) in [5, 5.41) is 0. The van der Waals surface area contributed by atoms with Crippen molar-refractivity contribution < 1.29 is 0 Å². The quantitative estimate of drug-likeness (QED) is 0.541. The number of hydrogen-bond acceptors (Lipinski definition) is 1. The van der Waals surface area contributed by atoms with Crippen LogP contribution in [-0.4, -0.2) is 23.0 Å². The molecule has 1 heteroatoms. The van der Waals surface area contributed by atoms with E-state index in [4.69, 9.17) is 0 Å². The maximum atomic E-state index is 2.61. The Kier molecular flexibility index (Phi) is 2.35. The van der Waals surface area contributed by atoms with Crippen LogP contribution < -0.4 is 0 Å². The largest absolute Gasteiger partial charge is 0.296 e. The van der Waals surface area contributed by atoms with E-state index >= 15 is 0 Å². The number of likely N-dealkylation sites (tertiary alicyclic amines) is 1. The number of hydrogen-bond donors (Lipinski definition) is 0. The zero-order chi connectivity index (χ0) is 7.72. The van der Waals surface area contributed by atoms with Gasteiger partial charge in [0.1, 0.15) is 0 Å². The summed E-state index contributed by atoms with van der Waals surface area (Å²) in [7, 11) is 0. The molecule has 0 aromatic carbocycles. The third kappa shape index (κ3) is 1.34. The topological polar surface area (TPSA) is 3.24 Å². The predicted molar refractivity (Wildman–Crippen MR) is 45.1 cm³/mol. The summed E-state index contributed by atoms with van der Waals surface area (Å²) >= 11 is 0. The molecule has 10 heavy (non-hydrogen) atoms. The molecule has 60 valence electrons. The van der Waals surface area contributed by atoms with Gasteiger partial charge in [-0.3, -0.25) is 4.90 Å². The van der Waals surface area contributed by atoms with Crippen LogP contribution in [0.4, 0.5) is 0 Å². The van der Waals surface area contributed by atoms with E-state index in [9.17, 15) is 0 Å². The summed E-state index contributed by atoms with van der Waals surface area (Å²) in [6.07, 6.45) is 2.78. The van der Waals surface area contributed by atoms with Gasteiger partial charge in [0.2, 0.25) is 0 Å². The molecular weight excluding hydrogens is 122 g/mol. The summed E-state index contributed by atoms with van der Waals surface area (Å²) < 4.78 is 0. The van der Waals surface area contributed by atoms with Crippen molar-refractivity contribution in [3.63, 3.8) is 0 Å². The molecule has 1 aliphatic heterocycles. The van der Waals surface area contributed by atoms with Crippen molar-refractivity contribution in [3.05, 3.63) is 0 Å². The second-order valence-corrected chi connectivity index (χ2v) is 3.82. The molecule has 0 aliphatic carbocycles. The van der Waals surface area contributed by atoms with E-state index in [1.807, 2.05) is 0 Å². The first-order valence-electron chi connectivity index (χ1n) is 4.40. The number of nitrogens with zero attached hydrogens (tertiary/aromatic N) is 1. The summed E-state index contributed by atoms with van der Waals surface area (Å²) in [6, 6.07) is 2.36. The Morgan fingerprint density at radius 1 is 1.10 bits per heavy atom. The minimum absolute atomic E-state index is 0.729. The molecule has 0 amide bonds. The molecule has 0 aromatic heterocycles. The molecule has 0 spiro atoms. The van der Waals surface area contributed by atoms with Gasteiger partial charge in [-0.1, -0.05) is 0 Å². The molecule has 0 aromatic rings. The fourth-order valence-corrected chi connectivity index (χ4v) is 2.23. The van der Waals surface area contributed by atoms with Crippen molar-refractivity contribution in [2.75, 3.05) is 0 Å². The zero-order valence-corrected chi connectivity index (χ0v) is 7.59. The van der Waals surface area contributed by atoms with E-state index in [0.29, 0.717) is 0 Å². The Hall–Kier alpha value is -0.0400. The van der Waals surface area contributed by atoms with Crippen LogP contribution >= 0.6 is 0 Å². The van der Waals surface area contributed by atoms with E-state index in [-0.39, 0.29) is 0 Å². The Morgan fingerprint density at radius 3 is 1.70 bits per heavy atom. The van der Waals surface area contributed by atoms with Gasteiger partial charge in [-0.15, -0.1) is 0 Å². The maximum Gasteiger partial charge on any atom is 0.00730 e. The third-order valence-corrected chi connectivity index (χ3v) is 2.62. The van der Waals surface area contributed by atoms with Gasteiger partial charge in [-0.2, -0.15) is 0 Å². The first-order chi connectivity index (χ1) is 4.63. The highest BCUT2D eigenvalue weighted by Gasteiger charge is 2.28. The number of rotatable bonds is 1. The fourth-order valence-electron chi connectivity index (χ4n) is 2.23. The van der Waals surface area contributed by atoms with Gasteiger partial charge < -0.3 is 0 Å². The van der Waals surface area contributed by atoms with Crippen LogP contribution in [0.25, 0.3) is 0 Å². The standard InChI is InChI=1S/C9H19N/c1-7(2)10-8(3)5-6-9(10)4/h7-9H,5-6H2,1-4H3/t8-,9-/m1/s1. The van der Waals surface area contributed by atoms with E-state index < -0.39 is 0 Å². The van der Waals surface area contributed by atoms with Crippen molar-refractivity contribution in [2.24, 2.45) is 0 Å². The average Bonchev–Trinajstić information content (AvgIpc) is 2.11. The highest BCUT2D eigenvalue weighted by Crippen LogP contribution is 2.25. The third-order valence-electron chi connectivity index (χ3n) is 2.62. The fraction of sp³-hybridized carbons (Fsp3) is 1.00. The first-order valence-corrected chi connectivity index (χ1v) is 4.40. The van der Waals surface area contributed by atoms with Crippen molar-refractivity contribution in [1.82, 2.24) is 4.90 Å². The molecule has 1 rings (SSSR count). The van der Waals surface area contributed by atoms with Gasteiger partial charge in [0.15, 0.2) is 0 Å². The van der Waals surface area contributed by atoms with Crippen LogP contribution in [0.3, 0.4) is 0 Å². The lowest BCUT2D eigenvalue weighted by Gasteiger charge is -2.29. The van der Waals surface area contributed by atoms with E-state index in [1.165, 1.54) is 12.8 Å². The van der Waals surface area contributed by atoms with Gasteiger partial charge in [-0.25, -0.2) is 0 Å². The molecule has 1 fully saturated rings. The zero-order valence-electron chi connectivity index (χ0n) is 7.59. The van der Waals surface area contributed by atoms with E-state index in [2.05, 4.69) is 32.6 Å². The van der Waals surface area contributed by atoms with Crippen LogP contribution in [-0.2, 0) is 0 Å². The predicted octanol–water partition coefficient (Wildman–Crippen LogP) is 2.27. The van der Waals surface area contributed by atoms with Crippen molar-refractivity contribution in [2.45, 2.75) is 58.7 Å². The van der Waals surface area contributed by atoms with E-state index in [0.717, 1.165) is 18.1 Å². The highest BCUT2D eigenvalue weighted by atomic mass is 15.2. The summed E-state index contributed by atoms with van der Waals surface area (Å²) in [6.45, 7) is 9.25. The molecule has 1 heterocycles. The Bertz CT molecular complexity index is 99.3. The van der Waals surface area contributed by atoms with Gasteiger partial charge in [0, 0.05) is 18.1 Å². The normalized spacial score (nSPS) is 35.7. The molecule has 1 nitrogen and oxygen atoms in total. The maximum absolute atomic E-state index is 2.61. The summed E-state index contributed by atoms with van der Waals surface area (Å²) in [5.74, 6) is 0. The van der Waals surface area contributed by atoms with Gasteiger partial charge in [0.05, 0.1) is 0 Å². The average molecular weight is 141 g/mol. The van der Waals surface area contributed by atoms with Gasteiger partial charge in [0.25, 0.3) is 0 Å². The molecular formula is C9H19N. The van der Waals surface area contributed by atoms with E-state index in [1.54, 1.807) is 0 Å². The summed E-state index contributed by atoms with van der Waals surface area (Å²) in [5.41, 5.74) is 0. The van der Waals surface area contributed by atoms with Crippen molar-refractivity contribution in [1.29, 1.82) is 0 Å². The van der Waals surface area contributed by atoms with Crippen molar-refractivity contribution in [3.8, 4) is 0 Å². The molecule has 0 bridgehead atoms. The second kappa shape index (κ2) is 2.91. The lowest BCUT2D eigenvalue weighted by atomic mass is 10.2. The molecule has 1 aliphatic rings. The first kappa shape index (κ1) is 8.06. The van der Waals surface area contributed by atoms with Crippen LogP contribution in [0.15, 0.2) is 0 Å². The molecule has 0 N–H and O–H groups in total. The van der Waals surface area contributed by atoms with Gasteiger partial charge in [-0.05, 0) is 40.5 Å². The monoisotopic (exact) mass is 141 g/mol. The van der Waals surface area contributed by atoms with Crippen molar-refractivity contribution >= 4 is 0 Å². The minimum atomic E-state index is 0.729.